The van der Waals surface area contributed by atoms with Gasteiger partial charge >= 0.3 is 0 Å². The molecule has 0 radical (unpaired) electrons. The SMILES string of the molecule is CC(C)CC[C@H]1[C@H]2C[C@H](CN(Cc3cccc(O)c3Cl)C2)[C@@H]2CCCC(=O)N21. The molecule has 3 heterocycles. The second kappa shape index (κ2) is 8.23. The predicted molar refractivity (Wildman–Crippen MR) is 112 cm³/mol. The third kappa shape index (κ3) is 3.91. The van der Waals surface area contributed by atoms with Crippen LogP contribution in [0.5, 0.6) is 5.75 Å². The highest BCUT2D eigenvalue weighted by Crippen LogP contribution is 2.43. The number of halogens is 1. The number of phenolic OH excluding ortho intramolecular Hbond substituents is 1. The Bertz CT molecular complexity index is 723. The number of rotatable bonds is 5. The third-order valence-corrected chi connectivity index (χ3v) is 7.50. The number of amides is 1. The molecule has 0 aliphatic carbocycles. The third-order valence-electron chi connectivity index (χ3n) is 7.06. The number of benzene rings is 1. The molecule has 3 aliphatic heterocycles. The van der Waals surface area contributed by atoms with Gasteiger partial charge in [0.2, 0.25) is 5.91 Å². The Morgan fingerprint density at radius 2 is 2.04 bits per heavy atom. The van der Waals surface area contributed by atoms with Crippen LogP contribution in [0.4, 0.5) is 0 Å². The standard InChI is InChI=1S/C23H33ClN2O2/c1-15(2)9-10-20-18-11-17(19-6-4-8-22(28)26(19)20)13-25(14-18)12-16-5-3-7-21(27)23(16)24/h3,5,7,15,17-20,27H,4,6,8-14H2,1-2H3/t17-,18+,19+,20+/m1/s1. The van der Waals surface area contributed by atoms with Crippen molar-refractivity contribution in [3.05, 3.63) is 28.8 Å². The molecule has 0 aromatic heterocycles. The molecule has 3 aliphatic rings. The zero-order valence-corrected chi connectivity index (χ0v) is 17.9. The first-order valence-corrected chi connectivity index (χ1v) is 11.3. The zero-order chi connectivity index (χ0) is 19.8. The predicted octanol–water partition coefficient (Wildman–Crippen LogP) is 4.68. The minimum absolute atomic E-state index is 0.162. The van der Waals surface area contributed by atoms with Crippen molar-refractivity contribution in [3.63, 3.8) is 0 Å². The molecule has 3 fully saturated rings. The first kappa shape index (κ1) is 20.0. The van der Waals surface area contributed by atoms with Crippen LogP contribution in [0.3, 0.4) is 0 Å². The smallest absolute Gasteiger partial charge is 0.223 e. The highest BCUT2D eigenvalue weighted by atomic mass is 35.5. The molecule has 4 rings (SSSR count). The van der Waals surface area contributed by atoms with E-state index >= 15 is 0 Å². The van der Waals surface area contributed by atoms with Crippen molar-refractivity contribution in [2.75, 3.05) is 13.1 Å². The van der Waals surface area contributed by atoms with Crippen molar-refractivity contribution in [3.8, 4) is 5.75 Å². The van der Waals surface area contributed by atoms with E-state index in [1.54, 1.807) is 6.07 Å². The second-order valence-corrected chi connectivity index (χ2v) is 9.88. The lowest BCUT2D eigenvalue weighted by Gasteiger charge is -2.57. The van der Waals surface area contributed by atoms with E-state index in [1.807, 2.05) is 12.1 Å². The number of fused-ring (bicyclic) bond motifs is 4. The molecular weight excluding hydrogens is 372 g/mol. The molecule has 4 atom stereocenters. The maximum absolute atomic E-state index is 12.8. The van der Waals surface area contributed by atoms with Gasteiger partial charge in [0.05, 0.1) is 5.02 Å². The average Bonchev–Trinajstić information content (AvgIpc) is 2.65. The molecule has 0 unspecified atom stereocenters. The van der Waals surface area contributed by atoms with Gasteiger partial charge in [-0.25, -0.2) is 0 Å². The fraction of sp³-hybridized carbons (Fsp3) is 0.696. The molecule has 1 amide bonds. The van der Waals surface area contributed by atoms with Gasteiger partial charge in [0.1, 0.15) is 5.75 Å². The molecule has 1 aromatic rings. The summed E-state index contributed by atoms with van der Waals surface area (Å²) in [4.78, 5) is 17.7. The van der Waals surface area contributed by atoms with Gasteiger partial charge in [0.25, 0.3) is 0 Å². The Labute approximate surface area is 173 Å². The monoisotopic (exact) mass is 404 g/mol. The molecule has 1 N–H and O–H groups in total. The van der Waals surface area contributed by atoms with Gasteiger partial charge < -0.3 is 10.0 Å². The lowest BCUT2D eigenvalue weighted by Crippen LogP contribution is -2.64. The molecule has 2 bridgehead atoms. The maximum atomic E-state index is 12.8. The minimum Gasteiger partial charge on any atom is -0.506 e. The van der Waals surface area contributed by atoms with E-state index in [1.165, 1.54) is 12.8 Å². The Morgan fingerprint density at radius 1 is 1.25 bits per heavy atom. The average molecular weight is 405 g/mol. The first-order valence-electron chi connectivity index (χ1n) is 10.9. The topological polar surface area (TPSA) is 43.8 Å². The number of piperidine rings is 3. The van der Waals surface area contributed by atoms with Crippen molar-refractivity contribution in [2.24, 2.45) is 17.8 Å². The van der Waals surface area contributed by atoms with Crippen molar-refractivity contribution in [2.45, 2.75) is 71.0 Å². The van der Waals surface area contributed by atoms with E-state index in [4.69, 9.17) is 11.6 Å². The summed E-state index contributed by atoms with van der Waals surface area (Å²) in [7, 11) is 0. The van der Waals surface area contributed by atoms with Gasteiger partial charge in [-0.05, 0) is 61.5 Å². The summed E-state index contributed by atoms with van der Waals surface area (Å²) >= 11 is 6.35. The summed E-state index contributed by atoms with van der Waals surface area (Å²) in [5.41, 5.74) is 0.997. The summed E-state index contributed by atoms with van der Waals surface area (Å²) in [5.74, 6) is 2.34. The molecule has 154 valence electrons. The number of phenols is 1. The van der Waals surface area contributed by atoms with Crippen LogP contribution in [0.1, 0.15) is 57.9 Å². The van der Waals surface area contributed by atoms with E-state index in [0.717, 1.165) is 50.9 Å². The van der Waals surface area contributed by atoms with E-state index < -0.39 is 0 Å². The number of nitrogens with zero attached hydrogens (tertiary/aromatic N) is 2. The van der Waals surface area contributed by atoms with Crippen LogP contribution in [-0.2, 0) is 11.3 Å². The summed E-state index contributed by atoms with van der Waals surface area (Å²) in [6, 6.07) is 6.33. The van der Waals surface area contributed by atoms with Crippen LogP contribution in [0.15, 0.2) is 18.2 Å². The zero-order valence-electron chi connectivity index (χ0n) is 17.1. The molecule has 28 heavy (non-hydrogen) atoms. The van der Waals surface area contributed by atoms with Crippen LogP contribution >= 0.6 is 11.6 Å². The van der Waals surface area contributed by atoms with Gasteiger partial charge in [-0.2, -0.15) is 0 Å². The van der Waals surface area contributed by atoms with E-state index in [-0.39, 0.29) is 5.75 Å². The second-order valence-electron chi connectivity index (χ2n) is 9.50. The lowest BCUT2D eigenvalue weighted by molar-refractivity contribution is -0.153. The first-order chi connectivity index (χ1) is 13.4. The van der Waals surface area contributed by atoms with Crippen LogP contribution < -0.4 is 0 Å². The number of hydrogen-bond donors (Lipinski definition) is 1. The van der Waals surface area contributed by atoms with Gasteiger partial charge in [-0.15, -0.1) is 0 Å². The molecular formula is C23H33ClN2O2. The number of carbonyl (C=O) groups excluding carboxylic acids is 1. The fourth-order valence-corrected chi connectivity index (χ4v) is 5.99. The Kier molecular flexibility index (Phi) is 5.89. The number of aromatic hydroxyl groups is 1. The normalized spacial score (nSPS) is 30.6. The maximum Gasteiger partial charge on any atom is 0.223 e. The fourth-order valence-electron chi connectivity index (χ4n) is 5.81. The van der Waals surface area contributed by atoms with Gasteiger partial charge in [0.15, 0.2) is 0 Å². The van der Waals surface area contributed by atoms with E-state index in [0.29, 0.717) is 40.8 Å². The van der Waals surface area contributed by atoms with Crippen molar-refractivity contribution < 1.29 is 9.90 Å². The van der Waals surface area contributed by atoms with Crippen LogP contribution in [0.25, 0.3) is 0 Å². The Balaban J connectivity index is 1.55. The molecule has 4 nitrogen and oxygen atoms in total. The number of carbonyl (C=O) groups is 1. The lowest BCUT2D eigenvalue weighted by atomic mass is 9.70. The van der Waals surface area contributed by atoms with Crippen LogP contribution in [-0.4, -0.2) is 46.0 Å². The molecule has 0 saturated carbocycles. The Morgan fingerprint density at radius 3 is 2.82 bits per heavy atom. The van der Waals surface area contributed by atoms with Crippen molar-refractivity contribution in [1.82, 2.24) is 9.80 Å². The largest absolute Gasteiger partial charge is 0.506 e. The Hall–Kier alpha value is -1.26. The minimum atomic E-state index is 0.162. The molecule has 1 aromatic carbocycles. The molecule has 0 spiro atoms. The van der Waals surface area contributed by atoms with Gasteiger partial charge in [-0.1, -0.05) is 37.6 Å². The summed E-state index contributed by atoms with van der Waals surface area (Å²) in [5, 5.41) is 10.4. The highest BCUT2D eigenvalue weighted by molar-refractivity contribution is 6.32. The molecule has 3 saturated heterocycles. The summed E-state index contributed by atoms with van der Waals surface area (Å²) in [6.07, 6.45) is 6.48. The van der Waals surface area contributed by atoms with Crippen LogP contribution in [0, 0.1) is 17.8 Å². The van der Waals surface area contributed by atoms with Crippen molar-refractivity contribution >= 4 is 17.5 Å². The summed E-state index contributed by atoms with van der Waals surface area (Å²) < 4.78 is 0. The summed E-state index contributed by atoms with van der Waals surface area (Å²) in [6.45, 7) is 7.36. The van der Waals surface area contributed by atoms with Gasteiger partial charge in [-0.3, -0.25) is 9.69 Å². The van der Waals surface area contributed by atoms with Gasteiger partial charge in [0, 0.05) is 38.1 Å². The highest BCUT2D eigenvalue weighted by Gasteiger charge is 2.48. The van der Waals surface area contributed by atoms with E-state index in [9.17, 15) is 9.90 Å². The van der Waals surface area contributed by atoms with Crippen molar-refractivity contribution in [1.29, 1.82) is 0 Å². The quantitative estimate of drug-likeness (QED) is 0.774. The van der Waals surface area contributed by atoms with Crippen LogP contribution in [0.2, 0.25) is 5.02 Å². The van der Waals surface area contributed by atoms with E-state index in [2.05, 4.69) is 23.6 Å². The molecule has 5 heteroatoms. The number of likely N-dealkylation sites (tertiary alicyclic amines) is 1. The number of hydrogen-bond acceptors (Lipinski definition) is 3.